The van der Waals surface area contributed by atoms with Gasteiger partial charge in [-0.1, -0.05) is 0 Å². The molecule has 9 nitrogen and oxygen atoms in total. The Morgan fingerprint density at radius 3 is 1.60 bits per heavy atom. The fourth-order valence-electron chi connectivity index (χ4n) is 6.25. The highest BCUT2D eigenvalue weighted by molar-refractivity contribution is 6.15. The monoisotopic (exact) mass is 494 g/mol. The summed E-state index contributed by atoms with van der Waals surface area (Å²) in [5, 5.41) is 0. The molecule has 3 rings (SSSR count). The SMILES string of the molecule is CCOC(=O)C1(C(=O)OCC)CC2=C(C)OC3(CCCC3)CC2CC1(C(=O)OCC)C(=O)OCC. The van der Waals surface area contributed by atoms with Crippen LogP contribution in [0.4, 0.5) is 0 Å². The van der Waals surface area contributed by atoms with E-state index in [0.717, 1.165) is 31.3 Å². The number of rotatable bonds is 8. The minimum Gasteiger partial charge on any atom is -0.492 e. The Hall–Kier alpha value is -2.58. The van der Waals surface area contributed by atoms with Crippen LogP contribution in [0.25, 0.3) is 0 Å². The first kappa shape index (κ1) is 27.0. The predicted molar refractivity (Wildman–Crippen MR) is 124 cm³/mol. The zero-order chi connectivity index (χ0) is 25.9. The third kappa shape index (κ3) is 4.31. The topological polar surface area (TPSA) is 114 Å². The van der Waals surface area contributed by atoms with E-state index in [0.29, 0.717) is 12.2 Å². The molecule has 0 bridgehead atoms. The molecule has 0 amide bonds. The van der Waals surface area contributed by atoms with Crippen molar-refractivity contribution in [2.24, 2.45) is 16.7 Å². The first-order valence-electron chi connectivity index (χ1n) is 12.8. The smallest absolute Gasteiger partial charge is 0.325 e. The van der Waals surface area contributed by atoms with Gasteiger partial charge < -0.3 is 23.7 Å². The van der Waals surface area contributed by atoms with Crippen LogP contribution >= 0.6 is 0 Å². The maximum absolute atomic E-state index is 13.8. The Morgan fingerprint density at radius 1 is 0.743 bits per heavy atom. The summed E-state index contributed by atoms with van der Waals surface area (Å²) in [6.07, 6.45) is 4.04. The van der Waals surface area contributed by atoms with E-state index >= 15 is 0 Å². The summed E-state index contributed by atoms with van der Waals surface area (Å²) in [5.74, 6) is -3.58. The normalized spacial score (nSPS) is 23.6. The molecule has 196 valence electrons. The van der Waals surface area contributed by atoms with Gasteiger partial charge in [0.15, 0.2) is 10.8 Å². The van der Waals surface area contributed by atoms with E-state index in [4.69, 9.17) is 23.7 Å². The average molecular weight is 495 g/mol. The average Bonchev–Trinajstić information content (AvgIpc) is 3.25. The molecule has 1 aliphatic heterocycles. The summed E-state index contributed by atoms with van der Waals surface area (Å²) in [7, 11) is 0. The van der Waals surface area contributed by atoms with E-state index in [-0.39, 0.29) is 50.8 Å². The second-order valence-electron chi connectivity index (χ2n) is 9.55. The van der Waals surface area contributed by atoms with Crippen LogP contribution in [-0.2, 0) is 42.9 Å². The third-order valence-corrected chi connectivity index (χ3v) is 7.68. The van der Waals surface area contributed by atoms with Crippen LogP contribution in [0.5, 0.6) is 0 Å². The maximum atomic E-state index is 13.8. The number of esters is 4. The van der Waals surface area contributed by atoms with Gasteiger partial charge in [0.1, 0.15) is 5.60 Å². The molecule has 0 radical (unpaired) electrons. The molecule has 0 saturated heterocycles. The second-order valence-corrected chi connectivity index (χ2v) is 9.55. The molecule has 1 spiro atoms. The molecule has 3 aliphatic rings. The summed E-state index contributed by atoms with van der Waals surface area (Å²) < 4.78 is 27.9. The maximum Gasteiger partial charge on any atom is 0.325 e. The number of carbonyl (C=O) groups is 4. The van der Waals surface area contributed by atoms with Gasteiger partial charge in [0, 0.05) is 6.42 Å². The van der Waals surface area contributed by atoms with Crippen molar-refractivity contribution in [3.63, 3.8) is 0 Å². The lowest BCUT2D eigenvalue weighted by Crippen LogP contribution is -2.66. The third-order valence-electron chi connectivity index (χ3n) is 7.68. The summed E-state index contributed by atoms with van der Waals surface area (Å²) in [6, 6.07) is 0. The van der Waals surface area contributed by atoms with Crippen LogP contribution in [0.2, 0.25) is 0 Å². The van der Waals surface area contributed by atoms with E-state index in [1.807, 2.05) is 6.92 Å². The van der Waals surface area contributed by atoms with Gasteiger partial charge in [0.25, 0.3) is 0 Å². The summed E-state index contributed by atoms with van der Waals surface area (Å²) in [6.45, 7) is 8.03. The molecule has 2 aliphatic carbocycles. The lowest BCUT2D eigenvalue weighted by atomic mass is 9.50. The second kappa shape index (κ2) is 10.6. The first-order chi connectivity index (χ1) is 16.7. The van der Waals surface area contributed by atoms with Gasteiger partial charge >= 0.3 is 23.9 Å². The minimum absolute atomic E-state index is 0.0405. The Balaban J connectivity index is 2.30. The summed E-state index contributed by atoms with van der Waals surface area (Å²) in [5.41, 5.74) is -4.19. The molecule has 0 N–H and O–H groups in total. The largest absolute Gasteiger partial charge is 0.492 e. The fraction of sp³-hybridized carbons (Fsp3) is 0.769. The number of allylic oxidation sites excluding steroid dienone is 2. The molecule has 9 heteroatoms. The molecular weight excluding hydrogens is 456 g/mol. The lowest BCUT2D eigenvalue weighted by Gasteiger charge is -2.52. The molecule has 0 aromatic rings. The number of carbonyl (C=O) groups excluding carboxylic acids is 4. The van der Waals surface area contributed by atoms with Crippen molar-refractivity contribution in [2.45, 2.75) is 85.2 Å². The Morgan fingerprint density at radius 2 is 1.17 bits per heavy atom. The Bertz CT molecular complexity index is 845. The van der Waals surface area contributed by atoms with Crippen molar-refractivity contribution in [1.82, 2.24) is 0 Å². The van der Waals surface area contributed by atoms with Gasteiger partial charge in [-0.25, -0.2) is 0 Å². The highest BCUT2D eigenvalue weighted by Crippen LogP contribution is 2.61. The minimum atomic E-state index is -2.30. The van der Waals surface area contributed by atoms with Gasteiger partial charge in [0.05, 0.1) is 32.2 Å². The van der Waals surface area contributed by atoms with Crippen molar-refractivity contribution >= 4 is 23.9 Å². The number of hydrogen-bond acceptors (Lipinski definition) is 9. The highest BCUT2D eigenvalue weighted by atomic mass is 16.6. The fourth-order valence-corrected chi connectivity index (χ4v) is 6.25. The predicted octanol–water partition coefficient (Wildman–Crippen LogP) is 3.63. The Kier molecular flexibility index (Phi) is 8.17. The molecule has 2 saturated carbocycles. The number of fused-ring (bicyclic) bond motifs is 1. The van der Waals surface area contributed by atoms with Crippen LogP contribution in [0.1, 0.15) is 79.6 Å². The van der Waals surface area contributed by atoms with Crippen LogP contribution in [-0.4, -0.2) is 55.9 Å². The molecule has 1 unspecified atom stereocenters. The van der Waals surface area contributed by atoms with Gasteiger partial charge in [-0.05, 0) is 84.6 Å². The van der Waals surface area contributed by atoms with E-state index in [1.165, 1.54) is 0 Å². The molecule has 0 aromatic heterocycles. The van der Waals surface area contributed by atoms with E-state index in [2.05, 4.69) is 0 Å². The van der Waals surface area contributed by atoms with Crippen molar-refractivity contribution in [3.05, 3.63) is 11.3 Å². The van der Waals surface area contributed by atoms with Gasteiger partial charge in [-0.15, -0.1) is 0 Å². The molecular formula is C26H38O9. The standard InChI is InChI=1S/C26H38O9/c1-6-31-20(27)25(21(28)32-7-2)15-18-14-24(12-10-11-13-24)35-17(5)19(18)16-26(25,22(29)33-8-3)23(30)34-9-4/h18H,6-16H2,1-5H3. The van der Waals surface area contributed by atoms with Crippen molar-refractivity contribution in [3.8, 4) is 0 Å². The van der Waals surface area contributed by atoms with Crippen molar-refractivity contribution in [1.29, 1.82) is 0 Å². The van der Waals surface area contributed by atoms with Crippen molar-refractivity contribution < 1.29 is 42.9 Å². The zero-order valence-electron chi connectivity index (χ0n) is 21.5. The summed E-state index contributed by atoms with van der Waals surface area (Å²) in [4.78, 5) is 54.9. The lowest BCUT2D eigenvalue weighted by molar-refractivity contribution is -0.209. The Labute approximate surface area is 206 Å². The molecule has 2 fully saturated rings. The summed E-state index contributed by atoms with van der Waals surface area (Å²) >= 11 is 0. The van der Waals surface area contributed by atoms with Gasteiger partial charge in [0.2, 0.25) is 0 Å². The molecule has 1 atom stereocenters. The first-order valence-corrected chi connectivity index (χ1v) is 12.8. The molecule has 1 heterocycles. The van der Waals surface area contributed by atoms with Crippen LogP contribution in [0, 0.1) is 16.7 Å². The van der Waals surface area contributed by atoms with E-state index in [1.54, 1.807) is 27.7 Å². The number of ether oxygens (including phenoxy) is 5. The van der Waals surface area contributed by atoms with Crippen LogP contribution in [0.15, 0.2) is 11.3 Å². The van der Waals surface area contributed by atoms with E-state index < -0.39 is 34.7 Å². The quantitative estimate of drug-likeness (QED) is 0.283. The van der Waals surface area contributed by atoms with Gasteiger partial charge in [-0.3, -0.25) is 19.2 Å². The van der Waals surface area contributed by atoms with Crippen LogP contribution in [0.3, 0.4) is 0 Å². The van der Waals surface area contributed by atoms with Crippen molar-refractivity contribution in [2.75, 3.05) is 26.4 Å². The van der Waals surface area contributed by atoms with Gasteiger partial charge in [-0.2, -0.15) is 0 Å². The molecule has 35 heavy (non-hydrogen) atoms. The van der Waals surface area contributed by atoms with E-state index in [9.17, 15) is 19.2 Å². The number of hydrogen-bond donors (Lipinski definition) is 0. The zero-order valence-corrected chi connectivity index (χ0v) is 21.5. The van der Waals surface area contributed by atoms with Crippen LogP contribution < -0.4 is 0 Å². The highest BCUT2D eigenvalue weighted by Gasteiger charge is 2.76. The molecule has 0 aromatic carbocycles.